The Kier molecular flexibility index (Phi) is 4.10. The van der Waals surface area contributed by atoms with Crippen molar-refractivity contribution >= 4 is 11.4 Å². The first-order chi connectivity index (χ1) is 10.1. The standard InChI is InChI=1S/C16H23N3O2/c1-12-10-13(6-7-16(12)19(20)21)17-14-8-9-18(11-14)15-4-2-3-5-15/h6-7,10,14-15,17H,2-5,8-9,11H2,1H3. The molecule has 1 N–H and O–H groups in total. The maximum atomic E-state index is 10.8. The summed E-state index contributed by atoms with van der Waals surface area (Å²) < 4.78 is 0. The van der Waals surface area contributed by atoms with Crippen LogP contribution in [-0.4, -0.2) is 35.0 Å². The summed E-state index contributed by atoms with van der Waals surface area (Å²) in [6, 6.07) is 6.56. The van der Waals surface area contributed by atoms with E-state index in [1.54, 1.807) is 13.0 Å². The molecule has 21 heavy (non-hydrogen) atoms. The van der Waals surface area contributed by atoms with Crippen molar-refractivity contribution in [2.75, 3.05) is 18.4 Å². The number of aryl methyl sites for hydroxylation is 1. The Hall–Kier alpha value is -1.62. The third-order valence-corrected chi connectivity index (χ3v) is 4.83. The Morgan fingerprint density at radius 1 is 1.29 bits per heavy atom. The molecule has 1 aromatic rings. The van der Waals surface area contributed by atoms with Crippen molar-refractivity contribution in [3.63, 3.8) is 0 Å². The lowest BCUT2D eigenvalue weighted by atomic mass is 10.1. The van der Waals surface area contributed by atoms with Gasteiger partial charge in [-0.1, -0.05) is 12.8 Å². The number of rotatable bonds is 4. The molecule has 0 aromatic heterocycles. The van der Waals surface area contributed by atoms with Gasteiger partial charge < -0.3 is 5.32 Å². The summed E-state index contributed by atoms with van der Waals surface area (Å²) >= 11 is 0. The zero-order valence-electron chi connectivity index (χ0n) is 12.5. The van der Waals surface area contributed by atoms with E-state index in [0.29, 0.717) is 6.04 Å². The third kappa shape index (κ3) is 3.18. The summed E-state index contributed by atoms with van der Waals surface area (Å²) in [5.41, 5.74) is 1.91. The Bertz CT molecular complexity index is 526. The van der Waals surface area contributed by atoms with Crippen LogP contribution in [0.1, 0.15) is 37.7 Å². The molecule has 114 valence electrons. The molecule has 1 saturated heterocycles. The van der Waals surface area contributed by atoms with E-state index >= 15 is 0 Å². The topological polar surface area (TPSA) is 58.4 Å². The molecule has 1 aliphatic carbocycles. The summed E-state index contributed by atoms with van der Waals surface area (Å²) in [5.74, 6) is 0. The summed E-state index contributed by atoms with van der Waals surface area (Å²) in [7, 11) is 0. The second-order valence-corrected chi connectivity index (χ2v) is 6.32. The quantitative estimate of drug-likeness (QED) is 0.682. The molecule has 0 radical (unpaired) electrons. The Balaban J connectivity index is 1.60. The van der Waals surface area contributed by atoms with Gasteiger partial charge in [0.25, 0.3) is 5.69 Å². The fourth-order valence-electron chi connectivity index (χ4n) is 3.69. The van der Waals surface area contributed by atoms with Crippen molar-refractivity contribution in [3.05, 3.63) is 33.9 Å². The van der Waals surface area contributed by atoms with E-state index in [1.165, 1.54) is 32.2 Å². The van der Waals surface area contributed by atoms with Crippen LogP contribution in [0.15, 0.2) is 18.2 Å². The van der Waals surface area contributed by atoms with Crippen molar-refractivity contribution < 1.29 is 4.92 Å². The number of hydrogen-bond acceptors (Lipinski definition) is 4. The van der Waals surface area contributed by atoms with E-state index in [9.17, 15) is 10.1 Å². The summed E-state index contributed by atoms with van der Waals surface area (Å²) in [5, 5.41) is 14.4. The lowest BCUT2D eigenvalue weighted by Gasteiger charge is -2.23. The molecule has 2 aliphatic rings. The predicted octanol–water partition coefficient (Wildman–Crippen LogP) is 3.33. The molecule has 1 heterocycles. The normalized spacial score (nSPS) is 23.6. The van der Waals surface area contributed by atoms with Gasteiger partial charge in [0, 0.05) is 42.5 Å². The lowest BCUT2D eigenvalue weighted by Crippen LogP contribution is -2.33. The van der Waals surface area contributed by atoms with Gasteiger partial charge in [0.2, 0.25) is 0 Å². The zero-order valence-corrected chi connectivity index (χ0v) is 12.5. The molecule has 1 atom stereocenters. The smallest absolute Gasteiger partial charge is 0.272 e. The molecule has 1 saturated carbocycles. The van der Waals surface area contributed by atoms with E-state index in [4.69, 9.17) is 0 Å². The van der Waals surface area contributed by atoms with Crippen LogP contribution < -0.4 is 5.32 Å². The number of likely N-dealkylation sites (tertiary alicyclic amines) is 1. The molecule has 5 nitrogen and oxygen atoms in total. The Morgan fingerprint density at radius 2 is 2.05 bits per heavy atom. The number of nitro benzene ring substituents is 1. The third-order valence-electron chi connectivity index (χ3n) is 4.83. The largest absolute Gasteiger partial charge is 0.381 e. The molecular weight excluding hydrogens is 266 g/mol. The minimum absolute atomic E-state index is 0.194. The van der Waals surface area contributed by atoms with E-state index in [-0.39, 0.29) is 10.6 Å². The maximum Gasteiger partial charge on any atom is 0.272 e. The molecule has 0 amide bonds. The molecular formula is C16H23N3O2. The highest BCUT2D eigenvalue weighted by molar-refractivity contribution is 5.54. The van der Waals surface area contributed by atoms with Crippen molar-refractivity contribution in [1.29, 1.82) is 0 Å². The molecule has 1 aromatic carbocycles. The van der Waals surface area contributed by atoms with Crippen molar-refractivity contribution in [3.8, 4) is 0 Å². The Morgan fingerprint density at radius 3 is 2.71 bits per heavy atom. The van der Waals surface area contributed by atoms with E-state index in [2.05, 4.69) is 10.2 Å². The highest BCUT2D eigenvalue weighted by Crippen LogP contribution is 2.28. The highest BCUT2D eigenvalue weighted by Gasteiger charge is 2.29. The molecule has 1 aliphatic heterocycles. The average molecular weight is 289 g/mol. The monoisotopic (exact) mass is 289 g/mol. The van der Waals surface area contributed by atoms with Gasteiger partial charge in [0.05, 0.1) is 4.92 Å². The van der Waals surface area contributed by atoms with Gasteiger partial charge in [-0.2, -0.15) is 0 Å². The van der Waals surface area contributed by atoms with Crippen LogP contribution in [0.25, 0.3) is 0 Å². The number of nitrogens with zero attached hydrogens (tertiary/aromatic N) is 2. The number of nitrogens with one attached hydrogen (secondary N) is 1. The van der Waals surface area contributed by atoms with Crippen molar-refractivity contribution in [2.45, 2.75) is 51.1 Å². The minimum Gasteiger partial charge on any atom is -0.381 e. The number of anilines is 1. The fourth-order valence-corrected chi connectivity index (χ4v) is 3.69. The van der Waals surface area contributed by atoms with E-state index in [1.807, 2.05) is 12.1 Å². The van der Waals surface area contributed by atoms with Crippen LogP contribution in [0.5, 0.6) is 0 Å². The van der Waals surface area contributed by atoms with E-state index < -0.39 is 0 Å². The van der Waals surface area contributed by atoms with Crippen molar-refractivity contribution in [2.24, 2.45) is 0 Å². The molecule has 1 unspecified atom stereocenters. The fraction of sp³-hybridized carbons (Fsp3) is 0.625. The van der Waals surface area contributed by atoms with Gasteiger partial charge in [-0.25, -0.2) is 0 Å². The van der Waals surface area contributed by atoms with Crippen LogP contribution in [0.2, 0.25) is 0 Å². The van der Waals surface area contributed by atoms with Crippen LogP contribution >= 0.6 is 0 Å². The van der Waals surface area contributed by atoms with Crippen LogP contribution in [0, 0.1) is 17.0 Å². The second kappa shape index (κ2) is 6.02. The van der Waals surface area contributed by atoms with Crippen LogP contribution in [0.3, 0.4) is 0 Å². The number of benzene rings is 1. The summed E-state index contributed by atoms with van der Waals surface area (Å²) in [6.07, 6.45) is 6.61. The second-order valence-electron chi connectivity index (χ2n) is 6.32. The van der Waals surface area contributed by atoms with Gasteiger partial charge in [0.1, 0.15) is 0 Å². The van der Waals surface area contributed by atoms with Crippen LogP contribution in [0.4, 0.5) is 11.4 Å². The summed E-state index contributed by atoms with van der Waals surface area (Å²) in [6.45, 7) is 4.07. The maximum absolute atomic E-state index is 10.8. The van der Waals surface area contributed by atoms with Crippen LogP contribution in [-0.2, 0) is 0 Å². The molecule has 2 fully saturated rings. The van der Waals surface area contributed by atoms with Gasteiger partial charge >= 0.3 is 0 Å². The number of nitro groups is 1. The first-order valence-electron chi connectivity index (χ1n) is 7.89. The van der Waals surface area contributed by atoms with Gasteiger partial charge in [0.15, 0.2) is 0 Å². The van der Waals surface area contributed by atoms with Gasteiger partial charge in [-0.3, -0.25) is 15.0 Å². The van der Waals surface area contributed by atoms with Crippen molar-refractivity contribution in [1.82, 2.24) is 4.90 Å². The Labute approximate surface area is 125 Å². The lowest BCUT2D eigenvalue weighted by molar-refractivity contribution is -0.385. The predicted molar refractivity (Wildman–Crippen MR) is 83.7 cm³/mol. The zero-order chi connectivity index (χ0) is 14.8. The van der Waals surface area contributed by atoms with E-state index in [0.717, 1.165) is 30.3 Å². The first kappa shape index (κ1) is 14.3. The minimum atomic E-state index is -0.323. The molecule has 3 rings (SSSR count). The van der Waals surface area contributed by atoms with Gasteiger partial charge in [-0.05, 0) is 38.3 Å². The first-order valence-corrected chi connectivity index (χ1v) is 7.89. The SMILES string of the molecule is Cc1cc(NC2CCN(C3CCCC3)C2)ccc1[N+](=O)[O-]. The van der Waals surface area contributed by atoms with Gasteiger partial charge in [-0.15, -0.1) is 0 Å². The average Bonchev–Trinajstić information content (AvgIpc) is 3.08. The molecule has 0 spiro atoms. The number of hydrogen-bond donors (Lipinski definition) is 1. The summed E-state index contributed by atoms with van der Waals surface area (Å²) in [4.78, 5) is 13.1. The molecule has 5 heteroatoms. The molecule has 0 bridgehead atoms. The highest BCUT2D eigenvalue weighted by atomic mass is 16.6.